The van der Waals surface area contributed by atoms with Gasteiger partial charge in [-0.3, -0.25) is 9.59 Å². The monoisotopic (exact) mass is 540 g/mol. The van der Waals surface area contributed by atoms with Crippen LogP contribution in [0.5, 0.6) is 0 Å². The number of benzene rings is 2. The van der Waals surface area contributed by atoms with Crippen LogP contribution in [0.3, 0.4) is 0 Å². The van der Waals surface area contributed by atoms with Gasteiger partial charge in [0.1, 0.15) is 5.01 Å². The number of fused-ring (bicyclic) bond motifs is 1. The molecule has 5 N–H and O–H groups in total. The van der Waals surface area contributed by atoms with Crippen molar-refractivity contribution in [2.45, 2.75) is 5.25 Å². The molecule has 2 aromatic carbocycles. The molecule has 1 heterocycles. The van der Waals surface area contributed by atoms with Gasteiger partial charge in [-0.1, -0.05) is 18.2 Å². The lowest BCUT2D eigenvalue weighted by Crippen LogP contribution is -2.37. The molecule has 0 radical (unpaired) electrons. The molecule has 2 amide bonds. The summed E-state index contributed by atoms with van der Waals surface area (Å²) in [7, 11) is -7.73. The molecule has 11 nitrogen and oxygen atoms in total. The van der Waals surface area contributed by atoms with Crippen molar-refractivity contribution in [1.82, 2.24) is 15.6 Å². The highest BCUT2D eigenvalue weighted by Crippen LogP contribution is 2.33. The van der Waals surface area contributed by atoms with Crippen LogP contribution in [-0.4, -0.2) is 70.4 Å². The number of rotatable bonds is 10. The van der Waals surface area contributed by atoms with Gasteiger partial charge in [-0.05, 0) is 35.4 Å². The minimum absolute atomic E-state index is 0.0589. The molecule has 0 spiro atoms. The standard InChI is InChI=1S/C21H24N4O7S3/c1-34(29,30)18(20(28)24-9-11-35(22,31)32)21-25-16-12-15(6-7-17(16)33-21)13-2-4-14(5-3-13)19(27)23-8-10-26/h2-7,12,18,26H,8-11H2,1H3,(H,23,27)(H,24,28)(H2,22,31,32). The smallest absolute Gasteiger partial charge is 0.251 e. The van der Waals surface area contributed by atoms with Gasteiger partial charge in [-0.15, -0.1) is 11.3 Å². The van der Waals surface area contributed by atoms with Crippen molar-refractivity contribution in [3.63, 3.8) is 0 Å². The zero-order chi connectivity index (χ0) is 25.8. The summed E-state index contributed by atoms with van der Waals surface area (Å²) in [4.78, 5) is 29.0. The third-order valence-corrected chi connectivity index (χ3v) is 8.18. The Kier molecular flexibility index (Phi) is 8.22. The molecule has 0 bridgehead atoms. The first-order valence-electron chi connectivity index (χ1n) is 10.3. The summed E-state index contributed by atoms with van der Waals surface area (Å²) in [5.41, 5.74) is 2.48. The summed E-state index contributed by atoms with van der Waals surface area (Å²) in [6, 6.07) is 12.1. The number of primary sulfonamides is 1. The van der Waals surface area contributed by atoms with E-state index in [9.17, 15) is 26.4 Å². The maximum Gasteiger partial charge on any atom is 0.251 e. The molecule has 0 aliphatic heterocycles. The van der Waals surface area contributed by atoms with Gasteiger partial charge in [-0.2, -0.15) is 0 Å². The summed E-state index contributed by atoms with van der Waals surface area (Å²) in [6.45, 7) is -0.328. The molecule has 0 aliphatic carbocycles. The molecule has 14 heteroatoms. The Labute approximate surface area is 206 Å². The highest BCUT2D eigenvalue weighted by atomic mass is 32.2. The number of thiazole rings is 1. The Morgan fingerprint density at radius 3 is 2.29 bits per heavy atom. The Morgan fingerprint density at radius 2 is 1.69 bits per heavy atom. The lowest BCUT2D eigenvalue weighted by Gasteiger charge is -2.12. The SMILES string of the molecule is CS(=O)(=O)C(C(=O)NCCS(N)(=O)=O)c1nc2cc(-c3ccc(C(=O)NCCO)cc3)ccc2s1. The minimum Gasteiger partial charge on any atom is -0.395 e. The summed E-state index contributed by atoms with van der Waals surface area (Å²) in [5.74, 6) is -1.72. The summed E-state index contributed by atoms with van der Waals surface area (Å²) < 4.78 is 47.6. The molecule has 0 saturated heterocycles. The van der Waals surface area contributed by atoms with E-state index in [-0.39, 0.29) is 30.6 Å². The van der Waals surface area contributed by atoms with Crippen molar-refractivity contribution in [3.8, 4) is 11.1 Å². The number of aliphatic hydroxyl groups is 1. The number of carbonyl (C=O) groups is 2. The van der Waals surface area contributed by atoms with Crippen LogP contribution in [0.4, 0.5) is 0 Å². The number of hydrogen-bond acceptors (Lipinski definition) is 9. The fourth-order valence-corrected chi connectivity index (χ4v) is 6.10. The van der Waals surface area contributed by atoms with E-state index >= 15 is 0 Å². The van der Waals surface area contributed by atoms with Gasteiger partial charge >= 0.3 is 0 Å². The molecule has 0 aliphatic rings. The lowest BCUT2D eigenvalue weighted by atomic mass is 10.0. The zero-order valence-electron chi connectivity index (χ0n) is 18.6. The molecule has 3 rings (SSSR count). The third kappa shape index (κ3) is 7.05. The number of sulfonamides is 1. The largest absolute Gasteiger partial charge is 0.395 e. The normalized spacial score (nSPS) is 12.9. The van der Waals surface area contributed by atoms with Crippen molar-refractivity contribution < 1.29 is 31.5 Å². The highest BCUT2D eigenvalue weighted by molar-refractivity contribution is 7.91. The minimum atomic E-state index is -3.91. The first kappa shape index (κ1) is 26.7. The predicted molar refractivity (Wildman–Crippen MR) is 133 cm³/mol. The molecule has 0 fully saturated rings. The fourth-order valence-electron chi connectivity index (χ4n) is 3.22. The Hall–Kier alpha value is -2.91. The number of carbonyl (C=O) groups excluding carboxylic acids is 2. The van der Waals surface area contributed by atoms with Crippen LogP contribution < -0.4 is 15.8 Å². The second-order valence-electron chi connectivity index (χ2n) is 7.66. The third-order valence-electron chi connectivity index (χ3n) is 4.86. The van der Waals surface area contributed by atoms with Gasteiger partial charge in [0.15, 0.2) is 15.1 Å². The van der Waals surface area contributed by atoms with Crippen molar-refractivity contribution in [3.05, 3.63) is 53.0 Å². The van der Waals surface area contributed by atoms with Gasteiger partial charge < -0.3 is 15.7 Å². The van der Waals surface area contributed by atoms with E-state index in [2.05, 4.69) is 15.6 Å². The highest BCUT2D eigenvalue weighted by Gasteiger charge is 2.34. The van der Waals surface area contributed by atoms with E-state index in [1.165, 1.54) is 0 Å². The zero-order valence-corrected chi connectivity index (χ0v) is 21.0. The molecule has 1 unspecified atom stereocenters. The molecule has 1 aromatic heterocycles. The van der Waals surface area contributed by atoms with Gasteiger partial charge in [0, 0.05) is 24.9 Å². The Balaban J connectivity index is 1.86. The topological polar surface area (TPSA) is 186 Å². The van der Waals surface area contributed by atoms with E-state index in [1.54, 1.807) is 36.4 Å². The van der Waals surface area contributed by atoms with Crippen LogP contribution >= 0.6 is 11.3 Å². The Morgan fingerprint density at radius 1 is 1.03 bits per heavy atom. The molecule has 35 heavy (non-hydrogen) atoms. The molecule has 1 atom stereocenters. The molecule has 0 saturated carbocycles. The number of hydrogen-bond donors (Lipinski definition) is 4. The molecule has 3 aromatic rings. The van der Waals surface area contributed by atoms with Crippen molar-refractivity contribution >= 4 is 53.2 Å². The van der Waals surface area contributed by atoms with Gasteiger partial charge in [0.25, 0.3) is 5.91 Å². The molecular formula is C21H24N4O7S3. The van der Waals surface area contributed by atoms with Gasteiger partial charge in [-0.25, -0.2) is 27.0 Å². The van der Waals surface area contributed by atoms with Gasteiger partial charge in [0.05, 0.1) is 22.6 Å². The van der Waals surface area contributed by atoms with Crippen LogP contribution in [-0.2, 0) is 24.7 Å². The van der Waals surface area contributed by atoms with E-state index in [4.69, 9.17) is 10.2 Å². The first-order valence-corrected chi connectivity index (χ1v) is 14.7. The second-order valence-corrected chi connectivity index (χ2v) is 12.6. The predicted octanol–water partition coefficient (Wildman–Crippen LogP) is 0.176. The Bertz CT molecular complexity index is 1450. The number of aliphatic hydroxyl groups excluding tert-OH is 1. The summed E-state index contributed by atoms with van der Waals surface area (Å²) in [6.07, 6.45) is 0.909. The lowest BCUT2D eigenvalue weighted by molar-refractivity contribution is -0.120. The van der Waals surface area contributed by atoms with E-state index in [0.29, 0.717) is 15.8 Å². The molecular weight excluding hydrogens is 516 g/mol. The van der Waals surface area contributed by atoms with E-state index in [0.717, 1.165) is 28.7 Å². The van der Waals surface area contributed by atoms with Crippen molar-refractivity contribution in [1.29, 1.82) is 0 Å². The van der Waals surface area contributed by atoms with E-state index in [1.807, 2.05) is 6.07 Å². The van der Waals surface area contributed by atoms with Gasteiger partial charge in [0.2, 0.25) is 15.9 Å². The maximum atomic E-state index is 12.6. The maximum absolute atomic E-state index is 12.6. The summed E-state index contributed by atoms with van der Waals surface area (Å²) in [5, 5.41) is 17.1. The van der Waals surface area contributed by atoms with Crippen LogP contribution in [0.15, 0.2) is 42.5 Å². The quantitative estimate of drug-likeness (QED) is 0.280. The average molecular weight is 541 g/mol. The first-order chi connectivity index (χ1) is 16.4. The number of nitrogens with zero attached hydrogens (tertiary/aromatic N) is 1. The van der Waals surface area contributed by atoms with Crippen LogP contribution in [0.1, 0.15) is 20.6 Å². The number of amides is 2. The number of nitrogens with one attached hydrogen (secondary N) is 2. The number of aromatic nitrogens is 1. The second kappa shape index (κ2) is 10.8. The van der Waals surface area contributed by atoms with Crippen LogP contribution in [0.25, 0.3) is 21.3 Å². The summed E-state index contributed by atoms with van der Waals surface area (Å²) >= 11 is 1.05. The number of nitrogens with two attached hydrogens (primary N) is 1. The average Bonchev–Trinajstić information content (AvgIpc) is 3.18. The van der Waals surface area contributed by atoms with Crippen LogP contribution in [0, 0.1) is 0 Å². The molecule has 188 valence electrons. The fraction of sp³-hybridized carbons (Fsp3) is 0.286. The number of sulfone groups is 1. The van der Waals surface area contributed by atoms with Crippen LogP contribution in [0.2, 0.25) is 0 Å². The van der Waals surface area contributed by atoms with E-state index < -0.39 is 36.8 Å². The van der Waals surface area contributed by atoms with Crippen molar-refractivity contribution in [2.75, 3.05) is 31.7 Å². The van der Waals surface area contributed by atoms with Crippen molar-refractivity contribution in [2.24, 2.45) is 5.14 Å².